The number of halogens is 3. The predicted molar refractivity (Wildman–Crippen MR) is 196 cm³/mol. The fraction of sp³-hybridized carbons (Fsp3) is 0.351. The van der Waals surface area contributed by atoms with Crippen molar-refractivity contribution < 1.29 is 56.2 Å². The quantitative estimate of drug-likeness (QED) is 0.0777. The molecule has 0 radical (unpaired) electrons. The summed E-state index contributed by atoms with van der Waals surface area (Å²) in [6.45, 7) is 11.1. The molecule has 0 amide bonds. The summed E-state index contributed by atoms with van der Waals surface area (Å²) >= 11 is 12.2. The monoisotopic (exact) mass is 853 g/mol. The first kappa shape index (κ1) is 41.2. The Morgan fingerprint density at radius 2 is 1.83 bits per heavy atom. The molecule has 0 aliphatic carbocycles. The standard InChI is InChI=1S/C27H31ClN6O3.C8H7ClF.C2H4O2.Cd/c1-17-12-19(28)26-21(13-17)34(11-8-31-7-6-29-18(31)2)25(30-26)14-32-9-10-33(23-16-37-15-22(23)32)20-4-3-5-24(35)27(20)36;1-2-6-3-4-7(9)5-8(6)10;1-4-2-3;/h3-7,12-13,22-23,35-36H,8-11,14-16H2,1-2H3;2-5H,1H3;2H,1H3;/q;-1;;. The maximum atomic E-state index is 12.7. The molecule has 2 atom stereocenters. The number of hydrogen-bond acceptors (Lipinski definition) is 9. The molecule has 2 saturated heterocycles. The molecule has 2 fully saturated rings. The zero-order valence-electron chi connectivity index (χ0n) is 29.7. The van der Waals surface area contributed by atoms with Crippen LogP contribution < -0.4 is 4.90 Å². The van der Waals surface area contributed by atoms with Crippen LogP contribution in [-0.2, 0) is 61.2 Å². The van der Waals surface area contributed by atoms with Crippen LogP contribution in [-0.4, -0.2) is 86.2 Å². The van der Waals surface area contributed by atoms with Crippen LogP contribution in [0.2, 0.25) is 10.0 Å². The van der Waals surface area contributed by atoms with Crippen LogP contribution in [0.3, 0.4) is 0 Å². The first-order valence-corrected chi connectivity index (χ1v) is 17.2. The fourth-order valence-electron chi connectivity index (χ4n) is 6.49. The van der Waals surface area contributed by atoms with E-state index in [1.165, 1.54) is 19.2 Å². The predicted octanol–water partition coefficient (Wildman–Crippen LogP) is 6.54. The van der Waals surface area contributed by atoms with Gasteiger partial charge in [-0.2, -0.15) is 18.1 Å². The largest absolute Gasteiger partial charge is 0.504 e. The summed E-state index contributed by atoms with van der Waals surface area (Å²) in [6.07, 6.45) is 5.53. The van der Waals surface area contributed by atoms with Gasteiger partial charge in [-0.1, -0.05) is 48.3 Å². The van der Waals surface area contributed by atoms with Crippen molar-refractivity contribution in [2.75, 3.05) is 38.3 Å². The minimum atomic E-state index is -0.269. The van der Waals surface area contributed by atoms with Gasteiger partial charge < -0.3 is 33.7 Å². The number of fused-ring (bicyclic) bond motifs is 2. The van der Waals surface area contributed by atoms with Crippen molar-refractivity contribution in [1.82, 2.24) is 24.0 Å². The number of benzene rings is 3. The number of hydrogen-bond donors (Lipinski definition) is 2. The maximum absolute atomic E-state index is 12.7. The van der Waals surface area contributed by atoms with E-state index in [-0.39, 0.29) is 56.7 Å². The average molecular weight is 853 g/mol. The third-order valence-corrected chi connectivity index (χ3v) is 9.58. The Morgan fingerprint density at radius 3 is 2.50 bits per heavy atom. The molecule has 0 saturated carbocycles. The molecule has 0 spiro atoms. The maximum Gasteiger partial charge on any atom is 0.292 e. The number of carbonyl (C=O) groups is 1. The second-order valence-electron chi connectivity index (χ2n) is 12.2. The van der Waals surface area contributed by atoms with E-state index < -0.39 is 0 Å². The van der Waals surface area contributed by atoms with Gasteiger partial charge in [-0.25, -0.2) is 9.97 Å². The topological polar surface area (TPSA) is 118 Å². The molecule has 2 aliphatic rings. The number of phenolic OH excluding ortho intramolecular Hbond substituents is 2. The van der Waals surface area contributed by atoms with Crippen LogP contribution in [0.1, 0.15) is 29.7 Å². The second-order valence-corrected chi connectivity index (χ2v) is 13.1. The van der Waals surface area contributed by atoms with Crippen molar-refractivity contribution in [2.24, 2.45) is 0 Å². The summed E-state index contributed by atoms with van der Waals surface area (Å²) in [5.74, 6) is 1.50. The van der Waals surface area contributed by atoms with E-state index in [9.17, 15) is 14.6 Å². The third kappa shape index (κ3) is 9.50. The van der Waals surface area contributed by atoms with Gasteiger partial charge in [0, 0.05) is 76.7 Å². The minimum Gasteiger partial charge on any atom is -0.504 e. The summed E-state index contributed by atoms with van der Waals surface area (Å²) in [6, 6.07) is 14.1. The van der Waals surface area contributed by atoms with E-state index >= 15 is 0 Å². The Hall–Kier alpha value is -3.57. The Kier molecular flexibility index (Phi) is 15.0. The van der Waals surface area contributed by atoms with E-state index in [2.05, 4.69) is 41.6 Å². The number of piperazine rings is 1. The van der Waals surface area contributed by atoms with E-state index in [4.69, 9.17) is 37.7 Å². The number of aromatic nitrogens is 4. The van der Waals surface area contributed by atoms with Crippen molar-refractivity contribution in [1.29, 1.82) is 0 Å². The molecule has 2 aliphatic heterocycles. The molecule has 11 nitrogen and oxygen atoms in total. The second kappa shape index (κ2) is 19.0. The van der Waals surface area contributed by atoms with Crippen molar-refractivity contribution >= 4 is 46.4 Å². The molecule has 274 valence electrons. The van der Waals surface area contributed by atoms with Crippen molar-refractivity contribution in [3.8, 4) is 11.5 Å². The Balaban J connectivity index is 0.000000341. The molecule has 5 aromatic rings. The Bertz CT molecular complexity index is 1960. The zero-order valence-corrected chi connectivity index (χ0v) is 35.2. The molecule has 2 aromatic heterocycles. The fourth-order valence-corrected chi connectivity index (χ4v) is 6.96. The normalized spacial score (nSPS) is 16.6. The van der Waals surface area contributed by atoms with Crippen molar-refractivity contribution in [3.63, 3.8) is 0 Å². The van der Waals surface area contributed by atoms with Gasteiger partial charge in [0.05, 0.1) is 55.2 Å². The number of aryl methyl sites for hydroxylation is 4. The van der Waals surface area contributed by atoms with E-state index in [0.717, 1.165) is 47.9 Å². The number of aromatic hydroxyl groups is 2. The van der Waals surface area contributed by atoms with E-state index in [0.29, 0.717) is 54.1 Å². The van der Waals surface area contributed by atoms with Crippen molar-refractivity contribution in [3.05, 3.63) is 106 Å². The Morgan fingerprint density at radius 1 is 1.08 bits per heavy atom. The summed E-state index contributed by atoms with van der Waals surface area (Å²) in [4.78, 5) is 22.9. The number of carbonyl (C=O) groups excluding carboxylic acids is 1. The number of rotatable bonds is 8. The average Bonchev–Trinajstić information content (AvgIpc) is 3.85. The third-order valence-electron chi connectivity index (χ3n) is 9.05. The molecule has 2 unspecified atom stereocenters. The molecule has 3 aromatic carbocycles. The summed E-state index contributed by atoms with van der Waals surface area (Å²) < 4.78 is 27.0. The molecular formula is C37H42CdCl2FN6O5-. The molecule has 7 rings (SSSR count). The molecular weight excluding hydrogens is 811 g/mol. The summed E-state index contributed by atoms with van der Waals surface area (Å²) in [5, 5.41) is 21.7. The Labute approximate surface area is 333 Å². The minimum absolute atomic E-state index is 0. The van der Waals surface area contributed by atoms with E-state index in [1.54, 1.807) is 31.5 Å². The van der Waals surface area contributed by atoms with Gasteiger partial charge in [-0.15, -0.1) is 0 Å². The number of para-hydroxylation sites is 1. The first-order valence-electron chi connectivity index (χ1n) is 16.5. The van der Waals surface area contributed by atoms with Gasteiger partial charge in [0.15, 0.2) is 11.5 Å². The number of imidazole rings is 2. The number of methoxy groups -OCH3 is 1. The molecule has 2 N–H and O–H groups in total. The van der Waals surface area contributed by atoms with Crippen LogP contribution in [0.4, 0.5) is 10.1 Å². The number of nitrogens with zero attached hydrogens (tertiary/aromatic N) is 6. The van der Waals surface area contributed by atoms with Crippen LogP contribution in [0.5, 0.6) is 11.5 Å². The molecule has 15 heteroatoms. The van der Waals surface area contributed by atoms with Gasteiger partial charge in [-0.05, 0) is 43.7 Å². The summed E-state index contributed by atoms with van der Waals surface area (Å²) in [5.41, 5.74) is 4.20. The van der Waals surface area contributed by atoms with Crippen LogP contribution in [0.25, 0.3) is 11.0 Å². The first-order chi connectivity index (χ1) is 24.6. The van der Waals surface area contributed by atoms with Crippen LogP contribution >= 0.6 is 23.2 Å². The van der Waals surface area contributed by atoms with Crippen LogP contribution in [0, 0.1) is 26.1 Å². The van der Waals surface area contributed by atoms with Gasteiger partial charge in [0.2, 0.25) is 0 Å². The zero-order chi connectivity index (χ0) is 36.7. The van der Waals surface area contributed by atoms with E-state index in [1.807, 2.05) is 31.5 Å². The van der Waals surface area contributed by atoms with Crippen molar-refractivity contribution in [2.45, 2.75) is 52.5 Å². The van der Waals surface area contributed by atoms with Crippen LogP contribution in [0.15, 0.2) is 60.9 Å². The van der Waals surface area contributed by atoms with Gasteiger partial charge >= 0.3 is 0 Å². The van der Waals surface area contributed by atoms with Gasteiger partial charge in [0.1, 0.15) is 17.2 Å². The van der Waals surface area contributed by atoms with Gasteiger partial charge in [0.25, 0.3) is 6.47 Å². The number of phenols is 2. The number of anilines is 1. The molecule has 4 heterocycles. The molecule has 52 heavy (non-hydrogen) atoms. The molecule has 0 bridgehead atoms. The smallest absolute Gasteiger partial charge is 0.292 e. The SMILES string of the molecule is COC=O.C[CH-]c1ccc(Cl)cc1F.Cc1cc(Cl)c2nc(CN3CCN(c4cccc(O)c4O)C4COCC43)n(CCn3ccnc3C)c2c1.[Cd]. The summed E-state index contributed by atoms with van der Waals surface area (Å²) in [7, 11) is 1.31. The van der Waals surface area contributed by atoms with Gasteiger partial charge in [-0.3, -0.25) is 14.1 Å². The number of ether oxygens (including phenoxy) is 2.